The third kappa shape index (κ3) is 4.31. The van der Waals surface area contributed by atoms with Crippen LogP contribution in [0.5, 0.6) is 0 Å². The summed E-state index contributed by atoms with van der Waals surface area (Å²) in [5, 5.41) is 0. The van der Waals surface area contributed by atoms with E-state index in [0.29, 0.717) is 11.9 Å². The highest BCUT2D eigenvalue weighted by atomic mass is 35.5. The molecule has 1 aliphatic rings. The SMILES string of the molecule is CC(N)C1CCCCN1Cc1coc(-c2ccc(F)cc2)n1.Cl. The van der Waals surface area contributed by atoms with Crippen LogP contribution in [0.3, 0.4) is 0 Å². The first-order valence-electron chi connectivity index (χ1n) is 7.83. The number of aromatic nitrogens is 1. The van der Waals surface area contributed by atoms with Gasteiger partial charge in [0.05, 0.1) is 5.69 Å². The van der Waals surface area contributed by atoms with Crippen LogP contribution in [0, 0.1) is 5.82 Å². The summed E-state index contributed by atoms with van der Waals surface area (Å²) in [6, 6.07) is 6.74. The highest BCUT2D eigenvalue weighted by Crippen LogP contribution is 2.23. The van der Waals surface area contributed by atoms with Crippen molar-refractivity contribution >= 4 is 12.4 Å². The Morgan fingerprint density at radius 1 is 1.35 bits per heavy atom. The smallest absolute Gasteiger partial charge is 0.226 e. The standard InChI is InChI=1S/C17H22FN3O.ClH/c1-12(19)16-4-2-3-9-21(16)10-15-11-22-17(20-15)13-5-7-14(18)8-6-13;/h5-8,11-12,16H,2-4,9-10,19H2,1H3;1H. The maximum Gasteiger partial charge on any atom is 0.226 e. The van der Waals surface area contributed by atoms with Gasteiger partial charge in [-0.2, -0.15) is 0 Å². The lowest BCUT2D eigenvalue weighted by molar-refractivity contribution is 0.121. The van der Waals surface area contributed by atoms with E-state index in [2.05, 4.69) is 16.8 Å². The molecule has 126 valence electrons. The molecule has 1 aliphatic heterocycles. The molecule has 2 heterocycles. The van der Waals surface area contributed by atoms with Crippen molar-refractivity contribution in [2.45, 2.75) is 44.8 Å². The van der Waals surface area contributed by atoms with E-state index in [1.165, 1.54) is 25.0 Å². The van der Waals surface area contributed by atoms with Gasteiger partial charge in [-0.1, -0.05) is 6.42 Å². The Labute approximate surface area is 142 Å². The molecule has 0 amide bonds. The van der Waals surface area contributed by atoms with Crippen LogP contribution in [-0.2, 0) is 6.54 Å². The monoisotopic (exact) mass is 339 g/mol. The molecule has 0 bridgehead atoms. The van der Waals surface area contributed by atoms with Crippen molar-refractivity contribution in [2.75, 3.05) is 6.54 Å². The fourth-order valence-corrected chi connectivity index (χ4v) is 3.12. The van der Waals surface area contributed by atoms with Gasteiger partial charge in [0.1, 0.15) is 12.1 Å². The average molecular weight is 340 g/mol. The predicted octanol–water partition coefficient (Wildman–Crippen LogP) is 3.60. The molecular formula is C17H23ClFN3O. The van der Waals surface area contributed by atoms with Crippen molar-refractivity contribution < 1.29 is 8.81 Å². The molecule has 0 aliphatic carbocycles. The van der Waals surface area contributed by atoms with Crippen molar-refractivity contribution in [3.63, 3.8) is 0 Å². The van der Waals surface area contributed by atoms with Crippen LogP contribution in [0.4, 0.5) is 4.39 Å². The second-order valence-corrected chi connectivity index (χ2v) is 6.04. The van der Waals surface area contributed by atoms with E-state index in [1.54, 1.807) is 18.4 Å². The first-order chi connectivity index (χ1) is 10.6. The number of nitrogens with zero attached hydrogens (tertiary/aromatic N) is 2. The molecule has 23 heavy (non-hydrogen) atoms. The quantitative estimate of drug-likeness (QED) is 0.924. The average Bonchev–Trinajstić information content (AvgIpc) is 2.97. The first kappa shape index (κ1) is 17.9. The molecule has 0 saturated carbocycles. The Morgan fingerprint density at radius 3 is 2.78 bits per heavy atom. The zero-order chi connectivity index (χ0) is 15.5. The van der Waals surface area contributed by atoms with E-state index in [9.17, 15) is 4.39 Å². The fourth-order valence-electron chi connectivity index (χ4n) is 3.12. The minimum Gasteiger partial charge on any atom is -0.444 e. The summed E-state index contributed by atoms with van der Waals surface area (Å²) in [7, 11) is 0. The fraction of sp³-hybridized carbons (Fsp3) is 0.471. The van der Waals surface area contributed by atoms with Gasteiger partial charge in [-0.3, -0.25) is 4.90 Å². The molecule has 0 spiro atoms. The van der Waals surface area contributed by atoms with Crippen molar-refractivity contribution in [3.05, 3.63) is 42.0 Å². The molecule has 1 saturated heterocycles. The van der Waals surface area contributed by atoms with Gasteiger partial charge in [0.2, 0.25) is 5.89 Å². The lowest BCUT2D eigenvalue weighted by atomic mass is 9.97. The number of hydrogen-bond acceptors (Lipinski definition) is 4. The first-order valence-corrected chi connectivity index (χ1v) is 7.83. The maximum atomic E-state index is 13.0. The second kappa shape index (κ2) is 7.90. The topological polar surface area (TPSA) is 55.3 Å². The Kier molecular flexibility index (Phi) is 6.16. The lowest BCUT2D eigenvalue weighted by Crippen LogP contribution is -2.48. The summed E-state index contributed by atoms with van der Waals surface area (Å²) >= 11 is 0. The highest BCUT2D eigenvalue weighted by molar-refractivity contribution is 5.85. The van der Waals surface area contributed by atoms with E-state index >= 15 is 0 Å². The lowest BCUT2D eigenvalue weighted by Gasteiger charge is -2.37. The van der Waals surface area contributed by atoms with Crippen molar-refractivity contribution in [1.29, 1.82) is 0 Å². The molecule has 1 fully saturated rings. The molecule has 6 heteroatoms. The zero-order valence-electron chi connectivity index (χ0n) is 13.2. The molecule has 2 N–H and O–H groups in total. The van der Waals surface area contributed by atoms with Gasteiger partial charge in [0.25, 0.3) is 0 Å². The highest BCUT2D eigenvalue weighted by Gasteiger charge is 2.26. The number of halogens is 2. The van der Waals surface area contributed by atoms with E-state index in [-0.39, 0.29) is 24.3 Å². The molecule has 0 radical (unpaired) electrons. The van der Waals surface area contributed by atoms with Crippen molar-refractivity contribution in [3.8, 4) is 11.5 Å². The number of nitrogens with two attached hydrogens (primary N) is 1. The zero-order valence-corrected chi connectivity index (χ0v) is 14.1. The largest absolute Gasteiger partial charge is 0.444 e. The Bertz CT molecular complexity index is 615. The predicted molar refractivity (Wildman–Crippen MR) is 90.8 cm³/mol. The molecule has 1 aromatic carbocycles. The van der Waals surface area contributed by atoms with E-state index < -0.39 is 0 Å². The van der Waals surface area contributed by atoms with Gasteiger partial charge < -0.3 is 10.2 Å². The number of oxazole rings is 1. The molecular weight excluding hydrogens is 317 g/mol. The van der Waals surface area contributed by atoms with Crippen LogP contribution < -0.4 is 5.73 Å². The minimum absolute atomic E-state index is 0. The van der Waals surface area contributed by atoms with Gasteiger partial charge in [-0.05, 0) is 50.6 Å². The summed E-state index contributed by atoms with van der Waals surface area (Å²) in [6.07, 6.45) is 5.26. The van der Waals surface area contributed by atoms with E-state index in [4.69, 9.17) is 10.2 Å². The number of piperidine rings is 1. The minimum atomic E-state index is -0.261. The summed E-state index contributed by atoms with van der Waals surface area (Å²) in [5.41, 5.74) is 7.78. The molecule has 2 atom stereocenters. The normalized spacial score (nSPS) is 20.0. The van der Waals surface area contributed by atoms with Crippen LogP contribution in [-0.4, -0.2) is 28.5 Å². The van der Waals surface area contributed by atoms with Crippen molar-refractivity contribution in [1.82, 2.24) is 9.88 Å². The summed E-state index contributed by atoms with van der Waals surface area (Å²) in [5.74, 6) is 0.271. The maximum absolute atomic E-state index is 13.0. The van der Waals surface area contributed by atoms with Crippen LogP contribution >= 0.6 is 12.4 Å². The number of hydrogen-bond donors (Lipinski definition) is 1. The van der Waals surface area contributed by atoms with Crippen LogP contribution in [0.15, 0.2) is 34.9 Å². The van der Waals surface area contributed by atoms with Gasteiger partial charge in [0.15, 0.2) is 0 Å². The van der Waals surface area contributed by atoms with Gasteiger partial charge >= 0.3 is 0 Å². The molecule has 1 aromatic heterocycles. The van der Waals surface area contributed by atoms with Crippen LogP contribution in [0.25, 0.3) is 11.5 Å². The molecule has 3 rings (SSSR count). The Hall–Kier alpha value is -1.43. The van der Waals surface area contributed by atoms with Crippen molar-refractivity contribution in [2.24, 2.45) is 5.73 Å². The van der Waals surface area contributed by atoms with Gasteiger partial charge in [0, 0.05) is 24.2 Å². The van der Waals surface area contributed by atoms with E-state index in [1.807, 2.05) is 0 Å². The third-order valence-electron chi connectivity index (χ3n) is 4.28. The van der Waals surface area contributed by atoms with E-state index in [0.717, 1.165) is 30.8 Å². The number of likely N-dealkylation sites (tertiary alicyclic amines) is 1. The van der Waals surface area contributed by atoms with Crippen LogP contribution in [0.1, 0.15) is 31.9 Å². The molecule has 2 unspecified atom stereocenters. The number of benzene rings is 1. The third-order valence-corrected chi connectivity index (χ3v) is 4.28. The summed E-state index contributed by atoms with van der Waals surface area (Å²) < 4.78 is 18.5. The summed E-state index contributed by atoms with van der Waals surface area (Å²) in [4.78, 5) is 6.92. The number of rotatable bonds is 4. The van der Waals surface area contributed by atoms with Crippen LogP contribution in [0.2, 0.25) is 0 Å². The molecule has 2 aromatic rings. The second-order valence-electron chi connectivity index (χ2n) is 6.04. The van der Waals surface area contributed by atoms with Gasteiger partial charge in [-0.25, -0.2) is 9.37 Å². The van der Waals surface area contributed by atoms with Gasteiger partial charge in [-0.15, -0.1) is 12.4 Å². The Balaban J connectivity index is 0.00000192. The summed E-state index contributed by atoms with van der Waals surface area (Å²) in [6.45, 7) is 3.86. The Morgan fingerprint density at radius 2 is 2.09 bits per heavy atom. The molecule has 4 nitrogen and oxygen atoms in total.